The van der Waals surface area contributed by atoms with Crippen LogP contribution in [0.25, 0.3) is 0 Å². The molecular formula is C16H16FNO5S. The molecule has 0 aliphatic heterocycles. The summed E-state index contributed by atoms with van der Waals surface area (Å²) in [6.45, 7) is 0. The molecule has 2 aromatic carbocycles. The molecule has 0 spiro atoms. The largest absolute Gasteiger partial charge is 0.497 e. The molecule has 0 fully saturated rings. The van der Waals surface area contributed by atoms with Gasteiger partial charge in [0.05, 0.1) is 24.5 Å². The lowest BCUT2D eigenvalue weighted by Gasteiger charge is -2.18. The first kappa shape index (κ1) is 17.9. The van der Waals surface area contributed by atoms with Gasteiger partial charge in [0.1, 0.15) is 11.6 Å². The fourth-order valence-electron chi connectivity index (χ4n) is 2.13. The minimum absolute atomic E-state index is 0.272. The highest BCUT2D eigenvalue weighted by atomic mass is 32.2. The van der Waals surface area contributed by atoms with Gasteiger partial charge in [0.15, 0.2) is 0 Å². The van der Waals surface area contributed by atoms with E-state index in [9.17, 15) is 17.6 Å². The summed E-state index contributed by atoms with van der Waals surface area (Å²) < 4.78 is 45.3. The van der Waals surface area contributed by atoms with Crippen molar-refractivity contribution in [3.05, 3.63) is 59.9 Å². The molecule has 0 saturated carbocycles. The topological polar surface area (TPSA) is 92.7 Å². The predicted octanol–water partition coefficient (Wildman–Crippen LogP) is 2.33. The molecule has 2 N–H and O–H groups in total. The second kappa shape index (κ2) is 7.41. The van der Waals surface area contributed by atoms with Crippen LogP contribution in [0.4, 0.5) is 4.39 Å². The zero-order valence-corrected chi connectivity index (χ0v) is 13.6. The highest BCUT2D eigenvalue weighted by Gasteiger charge is 2.24. The van der Waals surface area contributed by atoms with Crippen molar-refractivity contribution in [1.29, 1.82) is 0 Å². The van der Waals surface area contributed by atoms with Crippen molar-refractivity contribution in [3.63, 3.8) is 0 Å². The summed E-state index contributed by atoms with van der Waals surface area (Å²) in [5.41, 5.74) is 0.457. The minimum atomic E-state index is -4.08. The first-order valence-corrected chi connectivity index (χ1v) is 8.44. The Labute approximate surface area is 138 Å². The van der Waals surface area contributed by atoms with Crippen LogP contribution in [0.1, 0.15) is 18.0 Å². The van der Waals surface area contributed by atoms with E-state index >= 15 is 0 Å². The van der Waals surface area contributed by atoms with E-state index in [0.29, 0.717) is 11.3 Å². The fraction of sp³-hybridized carbons (Fsp3) is 0.188. The van der Waals surface area contributed by atoms with Crippen molar-refractivity contribution in [3.8, 4) is 5.75 Å². The number of benzene rings is 2. The van der Waals surface area contributed by atoms with Crippen LogP contribution in [-0.4, -0.2) is 26.6 Å². The number of hydrogen-bond acceptors (Lipinski definition) is 4. The number of carboxylic acids is 1. The van der Waals surface area contributed by atoms with Crippen molar-refractivity contribution >= 4 is 16.0 Å². The number of halogens is 1. The molecule has 2 aromatic rings. The second-order valence-corrected chi connectivity index (χ2v) is 6.72. The van der Waals surface area contributed by atoms with Gasteiger partial charge < -0.3 is 9.84 Å². The average Bonchev–Trinajstić information content (AvgIpc) is 2.54. The van der Waals surface area contributed by atoms with Gasteiger partial charge in [-0.3, -0.25) is 4.79 Å². The highest BCUT2D eigenvalue weighted by molar-refractivity contribution is 7.89. The van der Waals surface area contributed by atoms with Crippen molar-refractivity contribution in [2.45, 2.75) is 17.4 Å². The molecular weight excluding hydrogens is 337 g/mol. The Morgan fingerprint density at radius 2 is 1.92 bits per heavy atom. The number of aliphatic carboxylic acids is 1. The van der Waals surface area contributed by atoms with Crippen LogP contribution in [0.3, 0.4) is 0 Å². The standard InChI is InChI=1S/C16H16FNO5S/c1-23-13-7-5-11(6-8-13)15(10-16(19)20)18-24(21,22)14-4-2-3-12(17)9-14/h2-9,15,18H,10H2,1H3,(H,19,20)/t15-/m1/s1. The van der Waals surface area contributed by atoms with E-state index < -0.39 is 34.3 Å². The molecule has 24 heavy (non-hydrogen) atoms. The molecule has 0 aromatic heterocycles. The lowest BCUT2D eigenvalue weighted by molar-refractivity contribution is -0.137. The van der Waals surface area contributed by atoms with Crippen molar-refractivity contribution in [2.75, 3.05) is 7.11 Å². The Kier molecular flexibility index (Phi) is 5.53. The van der Waals surface area contributed by atoms with Crippen molar-refractivity contribution in [2.24, 2.45) is 0 Å². The number of carboxylic acid groups (broad SMARTS) is 1. The van der Waals surface area contributed by atoms with Crippen LogP contribution in [-0.2, 0) is 14.8 Å². The maximum absolute atomic E-state index is 13.3. The molecule has 2 rings (SSSR count). The lowest BCUT2D eigenvalue weighted by Crippen LogP contribution is -2.30. The summed E-state index contributed by atoms with van der Waals surface area (Å²) in [5.74, 6) is -1.31. The third-order valence-electron chi connectivity index (χ3n) is 3.30. The third kappa shape index (κ3) is 4.53. The molecule has 128 valence electrons. The lowest BCUT2D eigenvalue weighted by atomic mass is 10.0. The summed E-state index contributed by atoms with van der Waals surface area (Å²) in [6.07, 6.45) is -0.457. The number of ether oxygens (including phenoxy) is 1. The number of sulfonamides is 1. The summed E-state index contributed by atoms with van der Waals surface area (Å²) >= 11 is 0. The molecule has 0 unspecified atom stereocenters. The fourth-order valence-corrected chi connectivity index (χ4v) is 3.38. The van der Waals surface area contributed by atoms with Crippen LogP contribution >= 0.6 is 0 Å². The van der Waals surface area contributed by atoms with Gasteiger partial charge in [-0.05, 0) is 35.9 Å². The van der Waals surface area contributed by atoms with Gasteiger partial charge in [-0.1, -0.05) is 18.2 Å². The molecule has 8 heteroatoms. The Hall–Kier alpha value is -2.45. The first-order chi connectivity index (χ1) is 11.3. The summed E-state index contributed by atoms with van der Waals surface area (Å²) in [5, 5.41) is 9.04. The van der Waals surface area contributed by atoms with Crippen molar-refractivity contribution < 1.29 is 27.4 Å². The van der Waals surface area contributed by atoms with E-state index in [4.69, 9.17) is 9.84 Å². The van der Waals surface area contributed by atoms with E-state index in [1.54, 1.807) is 24.3 Å². The van der Waals surface area contributed by atoms with E-state index in [1.165, 1.54) is 19.2 Å². The summed E-state index contributed by atoms with van der Waals surface area (Å²) in [6, 6.07) is 9.83. The quantitative estimate of drug-likeness (QED) is 0.797. The zero-order valence-electron chi connectivity index (χ0n) is 12.8. The van der Waals surface area contributed by atoms with Gasteiger partial charge in [0.2, 0.25) is 10.0 Å². The molecule has 0 amide bonds. The van der Waals surface area contributed by atoms with Gasteiger partial charge in [-0.2, -0.15) is 0 Å². The molecule has 0 bridgehead atoms. The zero-order chi connectivity index (χ0) is 17.7. The number of methoxy groups -OCH3 is 1. The van der Waals surface area contributed by atoms with E-state index in [-0.39, 0.29) is 4.90 Å². The monoisotopic (exact) mass is 353 g/mol. The van der Waals surface area contributed by atoms with Crippen LogP contribution in [0.2, 0.25) is 0 Å². The van der Waals surface area contributed by atoms with Gasteiger partial charge in [-0.15, -0.1) is 0 Å². The minimum Gasteiger partial charge on any atom is -0.497 e. The molecule has 0 aliphatic carbocycles. The molecule has 0 saturated heterocycles. The average molecular weight is 353 g/mol. The van der Waals surface area contributed by atoms with Crippen LogP contribution in [0.5, 0.6) is 5.75 Å². The van der Waals surface area contributed by atoms with E-state index in [0.717, 1.165) is 12.1 Å². The normalized spacial score (nSPS) is 12.6. The Morgan fingerprint density at radius 3 is 2.46 bits per heavy atom. The van der Waals surface area contributed by atoms with Crippen molar-refractivity contribution in [1.82, 2.24) is 4.72 Å². The maximum Gasteiger partial charge on any atom is 0.305 e. The molecule has 0 aliphatic rings. The molecule has 0 heterocycles. The number of carbonyl (C=O) groups is 1. The smallest absolute Gasteiger partial charge is 0.305 e. The van der Waals surface area contributed by atoms with Gasteiger partial charge in [0, 0.05) is 0 Å². The van der Waals surface area contributed by atoms with E-state index in [1.807, 2.05) is 0 Å². The van der Waals surface area contributed by atoms with E-state index in [2.05, 4.69) is 4.72 Å². The first-order valence-electron chi connectivity index (χ1n) is 6.95. The highest BCUT2D eigenvalue weighted by Crippen LogP contribution is 2.23. The second-order valence-electron chi connectivity index (χ2n) is 5.00. The maximum atomic E-state index is 13.3. The van der Waals surface area contributed by atoms with Crippen LogP contribution in [0, 0.1) is 5.82 Å². The summed E-state index contributed by atoms with van der Waals surface area (Å²) in [4.78, 5) is 10.8. The SMILES string of the molecule is COc1ccc([C@@H](CC(=O)O)NS(=O)(=O)c2cccc(F)c2)cc1. The predicted molar refractivity (Wildman–Crippen MR) is 84.7 cm³/mol. The molecule has 6 nitrogen and oxygen atoms in total. The van der Waals surface area contributed by atoms with Gasteiger partial charge in [-0.25, -0.2) is 17.5 Å². The molecule has 0 radical (unpaired) electrons. The number of rotatable bonds is 7. The van der Waals surface area contributed by atoms with Gasteiger partial charge >= 0.3 is 5.97 Å². The third-order valence-corrected chi connectivity index (χ3v) is 4.77. The Morgan fingerprint density at radius 1 is 1.25 bits per heavy atom. The Bertz CT molecular complexity index is 821. The van der Waals surface area contributed by atoms with Gasteiger partial charge in [0.25, 0.3) is 0 Å². The molecule has 1 atom stereocenters. The van der Waals surface area contributed by atoms with Crippen LogP contribution in [0.15, 0.2) is 53.4 Å². The number of nitrogens with one attached hydrogen (secondary N) is 1. The number of hydrogen-bond donors (Lipinski definition) is 2. The van der Waals surface area contributed by atoms with Crippen LogP contribution < -0.4 is 9.46 Å². The summed E-state index contributed by atoms with van der Waals surface area (Å²) in [7, 11) is -2.59. The Balaban J connectivity index is 2.32.